The molecule has 0 saturated carbocycles. The van der Waals surface area contributed by atoms with E-state index in [1.807, 2.05) is 0 Å². The van der Waals surface area contributed by atoms with E-state index in [4.69, 9.17) is 0 Å². The molecule has 0 aromatic heterocycles. The summed E-state index contributed by atoms with van der Waals surface area (Å²) in [5.74, 6) is 0. The van der Waals surface area contributed by atoms with Gasteiger partial charge >= 0.3 is 0 Å². The first kappa shape index (κ1) is 21.4. The van der Waals surface area contributed by atoms with Crippen LogP contribution >= 0.6 is 0 Å². The first-order valence-corrected chi connectivity index (χ1v) is 9.83. The van der Waals surface area contributed by atoms with Crippen molar-refractivity contribution in [2.75, 3.05) is 39.8 Å². The molecule has 0 fully saturated rings. The van der Waals surface area contributed by atoms with Gasteiger partial charge in [0.2, 0.25) is 0 Å². The summed E-state index contributed by atoms with van der Waals surface area (Å²) in [5, 5.41) is 0. The lowest BCUT2D eigenvalue weighted by Crippen LogP contribution is -2.48. The molecule has 0 saturated heterocycles. The molecular weight excluding hydrogens is 304 g/mol. The Morgan fingerprint density at radius 3 is 1.20 bits per heavy atom. The Morgan fingerprint density at radius 2 is 0.880 bits per heavy atom. The minimum absolute atomic E-state index is 1.03. The molecule has 0 amide bonds. The van der Waals surface area contributed by atoms with Gasteiger partial charge in [0.05, 0.1) is 39.8 Å². The number of hydrogen-bond donors (Lipinski definition) is 0. The van der Waals surface area contributed by atoms with E-state index in [-0.39, 0.29) is 0 Å². The van der Waals surface area contributed by atoms with Crippen LogP contribution in [0.2, 0.25) is 0 Å². The highest BCUT2D eigenvalue weighted by atomic mass is 15.3. The Kier molecular flexibility index (Phi) is 8.88. The molecule has 2 aromatic carbocycles. The Bertz CT molecular complexity index is 561. The Morgan fingerprint density at radius 1 is 0.520 bits per heavy atom. The third-order valence-electron chi connectivity index (χ3n) is 5.90. The number of rotatable bonds is 7. The molecular formula is C23H38N2+2. The van der Waals surface area contributed by atoms with Gasteiger partial charge in [-0.05, 0) is 58.9 Å². The zero-order valence-corrected chi connectivity index (χ0v) is 17.2. The lowest BCUT2D eigenvalue weighted by Gasteiger charge is -2.35. The first-order chi connectivity index (χ1) is 12.0. The van der Waals surface area contributed by atoms with Crippen molar-refractivity contribution in [1.29, 1.82) is 0 Å². The second-order valence-corrected chi connectivity index (χ2v) is 6.79. The fourth-order valence-corrected chi connectivity index (χ4v) is 3.34. The standard InChI is InChI=1S/C12H20N.C11H18N/c1-4-13(5-2,6-3)12-10-8-7-9-11-12;1-4-12(3,5-2)11-9-7-6-8-10-11/h7-11H,4-6H2,1-3H3;6-10H,4-5H2,1-3H3/q2*+1. The van der Waals surface area contributed by atoms with E-state index in [1.165, 1.54) is 31.0 Å². The number of para-hydroxylation sites is 2. The minimum Gasteiger partial charge on any atom is -0.294 e. The average molecular weight is 343 g/mol. The van der Waals surface area contributed by atoms with Gasteiger partial charge in [-0.15, -0.1) is 0 Å². The molecule has 2 heteroatoms. The maximum Gasteiger partial charge on any atom is 0.132 e. The predicted octanol–water partition coefficient (Wildman–Crippen LogP) is 5.72. The fourth-order valence-electron chi connectivity index (χ4n) is 3.34. The van der Waals surface area contributed by atoms with Gasteiger partial charge in [0, 0.05) is 0 Å². The van der Waals surface area contributed by atoms with Gasteiger partial charge in [0.25, 0.3) is 0 Å². The Balaban J connectivity index is 0.000000251. The van der Waals surface area contributed by atoms with Crippen molar-refractivity contribution < 1.29 is 0 Å². The average Bonchev–Trinajstić information content (AvgIpc) is 2.71. The molecule has 2 nitrogen and oxygen atoms in total. The summed E-state index contributed by atoms with van der Waals surface area (Å²) in [6.07, 6.45) is 0. The van der Waals surface area contributed by atoms with Crippen LogP contribution in [0.5, 0.6) is 0 Å². The van der Waals surface area contributed by atoms with Crippen LogP contribution in [-0.2, 0) is 0 Å². The summed E-state index contributed by atoms with van der Waals surface area (Å²) >= 11 is 0. The second-order valence-electron chi connectivity index (χ2n) is 6.79. The molecule has 0 aliphatic rings. The van der Waals surface area contributed by atoms with Gasteiger partial charge in [-0.2, -0.15) is 0 Å². The summed E-state index contributed by atoms with van der Waals surface area (Å²) in [5.41, 5.74) is 2.84. The number of hydrogen-bond acceptors (Lipinski definition) is 0. The van der Waals surface area contributed by atoms with E-state index < -0.39 is 0 Å². The number of quaternary nitrogens is 2. The van der Waals surface area contributed by atoms with Crippen LogP contribution in [0, 0.1) is 0 Å². The molecule has 0 unspecified atom stereocenters. The van der Waals surface area contributed by atoms with E-state index >= 15 is 0 Å². The largest absolute Gasteiger partial charge is 0.294 e. The number of nitrogens with zero attached hydrogens (tertiary/aromatic N) is 2. The van der Waals surface area contributed by atoms with Crippen molar-refractivity contribution in [3.63, 3.8) is 0 Å². The molecule has 2 rings (SSSR count). The maximum atomic E-state index is 2.27. The van der Waals surface area contributed by atoms with Crippen molar-refractivity contribution in [1.82, 2.24) is 8.97 Å². The maximum absolute atomic E-state index is 2.27. The molecule has 138 valence electrons. The van der Waals surface area contributed by atoms with Crippen molar-refractivity contribution in [3.8, 4) is 0 Å². The zero-order valence-electron chi connectivity index (χ0n) is 17.2. The minimum atomic E-state index is 1.03. The molecule has 0 bridgehead atoms. The summed E-state index contributed by atoms with van der Waals surface area (Å²) in [4.78, 5) is 0. The van der Waals surface area contributed by atoms with Gasteiger partial charge < -0.3 is 0 Å². The quantitative estimate of drug-likeness (QED) is 0.565. The van der Waals surface area contributed by atoms with Crippen molar-refractivity contribution in [2.24, 2.45) is 0 Å². The Labute approximate surface area is 155 Å². The molecule has 0 N–H and O–H groups in total. The third-order valence-corrected chi connectivity index (χ3v) is 5.90. The van der Waals surface area contributed by atoms with Crippen LogP contribution in [0.25, 0.3) is 0 Å². The predicted molar refractivity (Wildman–Crippen MR) is 115 cm³/mol. The molecule has 0 heterocycles. The summed E-state index contributed by atoms with van der Waals surface area (Å²) in [6.45, 7) is 17.1. The van der Waals surface area contributed by atoms with Crippen LogP contribution in [0.3, 0.4) is 0 Å². The van der Waals surface area contributed by atoms with Gasteiger partial charge in [0.1, 0.15) is 11.4 Å². The molecule has 2 aromatic rings. The topological polar surface area (TPSA) is 0 Å². The molecule has 0 atom stereocenters. The number of benzene rings is 2. The monoisotopic (exact) mass is 342 g/mol. The third kappa shape index (κ3) is 5.42. The molecule has 0 aliphatic heterocycles. The zero-order chi connectivity index (χ0) is 18.8. The van der Waals surface area contributed by atoms with Crippen molar-refractivity contribution in [3.05, 3.63) is 60.7 Å². The van der Waals surface area contributed by atoms with Gasteiger partial charge in [-0.3, -0.25) is 8.97 Å². The molecule has 0 aliphatic carbocycles. The van der Waals surface area contributed by atoms with Crippen molar-refractivity contribution in [2.45, 2.75) is 34.6 Å². The van der Waals surface area contributed by atoms with E-state index in [0.29, 0.717) is 0 Å². The van der Waals surface area contributed by atoms with E-state index in [0.717, 1.165) is 22.1 Å². The Hall–Kier alpha value is -1.64. The SMILES string of the molecule is CC[N+](C)(CC)c1ccccc1.CC[N+](CC)(CC)c1ccccc1. The lowest BCUT2D eigenvalue weighted by molar-refractivity contribution is 0.316. The molecule has 0 spiro atoms. The first-order valence-electron chi connectivity index (χ1n) is 9.83. The summed E-state index contributed by atoms with van der Waals surface area (Å²) in [6, 6.07) is 21.5. The smallest absolute Gasteiger partial charge is 0.132 e. The normalized spacial score (nSPS) is 11.6. The van der Waals surface area contributed by atoms with Gasteiger partial charge in [0.15, 0.2) is 0 Å². The van der Waals surface area contributed by atoms with Crippen LogP contribution in [0.15, 0.2) is 60.7 Å². The van der Waals surface area contributed by atoms with E-state index in [9.17, 15) is 0 Å². The van der Waals surface area contributed by atoms with Crippen molar-refractivity contribution >= 4 is 11.4 Å². The van der Waals surface area contributed by atoms with Gasteiger partial charge in [-0.1, -0.05) is 36.4 Å². The summed E-state index contributed by atoms with van der Waals surface area (Å²) in [7, 11) is 2.27. The van der Waals surface area contributed by atoms with E-state index in [1.54, 1.807) is 0 Å². The van der Waals surface area contributed by atoms with Crippen LogP contribution in [-0.4, -0.2) is 39.8 Å². The highest BCUT2D eigenvalue weighted by Gasteiger charge is 2.23. The molecule has 25 heavy (non-hydrogen) atoms. The molecule has 0 radical (unpaired) electrons. The summed E-state index contributed by atoms with van der Waals surface area (Å²) < 4.78 is 2.13. The lowest BCUT2D eigenvalue weighted by atomic mass is 10.2. The fraction of sp³-hybridized carbons (Fsp3) is 0.478. The van der Waals surface area contributed by atoms with Gasteiger partial charge in [-0.25, -0.2) is 0 Å². The second kappa shape index (κ2) is 10.4. The van der Waals surface area contributed by atoms with Crippen LogP contribution in [0.1, 0.15) is 34.6 Å². The van der Waals surface area contributed by atoms with E-state index in [2.05, 4.69) is 102 Å². The highest BCUT2D eigenvalue weighted by molar-refractivity contribution is 5.42. The highest BCUT2D eigenvalue weighted by Crippen LogP contribution is 2.21. The van der Waals surface area contributed by atoms with Crippen LogP contribution in [0.4, 0.5) is 11.4 Å². The van der Waals surface area contributed by atoms with Crippen LogP contribution < -0.4 is 8.97 Å².